The molecule has 0 bridgehead atoms. The number of carbonyl (C=O) groups excluding carboxylic acids is 2. The van der Waals surface area contributed by atoms with Crippen molar-refractivity contribution < 1.29 is 9.59 Å². The van der Waals surface area contributed by atoms with E-state index in [4.69, 9.17) is 11.5 Å². The summed E-state index contributed by atoms with van der Waals surface area (Å²) in [5.74, 6) is -0.508. The van der Waals surface area contributed by atoms with Crippen molar-refractivity contribution in [3.63, 3.8) is 0 Å². The number of anilines is 2. The van der Waals surface area contributed by atoms with Crippen LogP contribution in [0.4, 0.5) is 11.5 Å². The molecule has 0 saturated carbocycles. The van der Waals surface area contributed by atoms with Gasteiger partial charge >= 0.3 is 0 Å². The number of benzene rings is 2. The molecule has 0 radical (unpaired) electrons. The molecule has 140 valence electrons. The zero-order valence-corrected chi connectivity index (χ0v) is 15.8. The summed E-state index contributed by atoms with van der Waals surface area (Å²) in [6, 6.07) is 14.6. The number of thiophene rings is 1. The van der Waals surface area contributed by atoms with E-state index in [1.807, 2.05) is 37.3 Å². The van der Waals surface area contributed by atoms with E-state index in [-0.39, 0.29) is 5.91 Å². The summed E-state index contributed by atoms with van der Waals surface area (Å²) >= 11 is 1.30. The van der Waals surface area contributed by atoms with Crippen molar-refractivity contribution in [2.45, 2.75) is 6.92 Å². The van der Waals surface area contributed by atoms with Gasteiger partial charge in [0, 0.05) is 10.3 Å². The summed E-state index contributed by atoms with van der Waals surface area (Å²) in [6.45, 7) is 1.86. The Morgan fingerprint density at radius 2 is 1.89 bits per heavy atom. The number of nitrogens with zero attached hydrogens (tertiary/aromatic N) is 2. The fourth-order valence-corrected chi connectivity index (χ4v) is 4.10. The van der Waals surface area contributed by atoms with Gasteiger partial charge in [0.1, 0.15) is 0 Å². The molecule has 2 heterocycles. The van der Waals surface area contributed by atoms with E-state index in [1.165, 1.54) is 11.3 Å². The summed E-state index contributed by atoms with van der Waals surface area (Å²) in [6.07, 6.45) is 1.65. The van der Waals surface area contributed by atoms with Crippen molar-refractivity contribution in [2.24, 2.45) is 5.73 Å². The highest BCUT2D eigenvalue weighted by Crippen LogP contribution is 2.32. The number of amides is 2. The fraction of sp³-hybridized carbons (Fsp3) is 0.0500. The summed E-state index contributed by atoms with van der Waals surface area (Å²) in [4.78, 5) is 24.7. The number of para-hydroxylation sites is 1. The Morgan fingerprint density at radius 1 is 1.14 bits per heavy atom. The Kier molecular flexibility index (Phi) is 4.32. The molecular formula is C20H17N5O2S. The van der Waals surface area contributed by atoms with Gasteiger partial charge in [-0.25, -0.2) is 4.68 Å². The largest absolute Gasteiger partial charge is 0.394 e. The van der Waals surface area contributed by atoms with Crippen LogP contribution in [0.1, 0.15) is 25.6 Å². The molecule has 0 aliphatic rings. The van der Waals surface area contributed by atoms with Crippen LogP contribution < -0.4 is 16.8 Å². The Morgan fingerprint density at radius 3 is 2.61 bits per heavy atom. The number of carbonyl (C=O) groups is 2. The van der Waals surface area contributed by atoms with Gasteiger partial charge in [-0.1, -0.05) is 24.3 Å². The van der Waals surface area contributed by atoms with Gasteiger partial charge in [-0.15, -0.1) is 16.4 Å². The summed E-state index contributed by atoms with van der Waals surface area (Å²) in [5.41, 5.74) is 13.8. The van der Waals surface area contributed by atoms with Crippen LogP contribution in [0.2, 0.25) is 0 Å². The number of hydrogen-bond donors (Lipinski definition) is 3. The average Bonchev–Trinajstić information content (AvgIpc) is 3.22. The van der Waals surface area contributed by atoms with Gasteiger partial charge in [-0.3, -0.25) is 9.59 Å². The van der Waals surface area contributed by atoms with E-state index in [1.54, 1.807) is 29.1 Å². The summed E-state index contributed by atoms with van der Waals surface area (Å²) in [7, 11) is 0. The second kappa shape index (κ2) is 6.82. The first kappa shape index (κ1) is 17.7. The number of aromatic nitrogens is 2. The Labute approximate surface area is 164 Å². The number of nitrogens with one attached hydrogen (secondary N) is 1. The molecule has 4 aromatic rings. The zero-order valence-electron chi connectivity index (χ0n) is 15.0. The highest BCUT2D eigenvalue weighted by molar-refractivity contribution is 7.21. The first-order valence-corrected chi connectivity index (χ1v) is 9.30. The van der Waals surface area contributed by atoms with Crippen LogP contribution in [0, 0.1) is 6.92 Å². The highest BCUT2D eigenvalue weighted by atomic mass is 32.1. The highest BCUT2D eigenvalue weighted by Gasteiger charge is 2.19. The number of nitrogen functional groups attached to an aromatic ring is 1. The van der Waals surface area contributed by atoms with Crippen LogP contribution in [-0.4, -0.2) is 21.6 Å². The second-order valence-corrected chi connectivity index (χ2v) is 7.35. The van der Waals surface area contributed by atoms with Gasteiger partial charge in [0.05, 0.1) is 22.4 Å². The first-order valence-electron chi connectivity index (χ1n) is 8.49. The minimum absolute atomic E-state index is 0.295. The molecule has 7 nitrogen and oxygen atoms in total. The number of hydrogen-bond acceptors (Lipinski definition) is 5. The quantitative estimate of drug-likeness (QED) is 0.495. The van der Waals surface area contributed by atoms with Crippen molar-refractivity contribution in [1.82, 2.24) is 9.78 Å². The maximum Gasteiger partial charge on any atom is 0.267 e. The molecule has 2 aromatic carbocycles. The molecule has 5 N–H and O–H groups in total. The van der Waals surface area contributed by atoms with Crippen LogP contribution in [-0.2, 0) is 0 Å². The third-order valence-corrected chi connectivity index (χ3v) is 5.68. The van der Waals surface area contributed by atoms with Crippen molar-refractivity contribution >= 4 is 44.7 Å². The normalized spacial score (nSPS) is 10.9. The van der Waals surface area contributed by atoms with Gasteiger partial charge < -0.3 is 16.8 Å². The van der Waals surface area contributed by atoms with E-state index >= 15 is 0 Å². The van der Waals surface area contributed by atoms with Gasteiger partial charge in [0.2, 0.25) is 5.91 Å². The minimum atomic E-state index is -0.502. The number of aryl methyl sites for hydroxylation is 1. The van der Waals surface area contributed by atoms with E-state index in [0.717, 1.165) is 21.3 Å². The van der Waals surface area contributed by atoms with Crippen LogP contribution in [0.3, 0.4) is 0 Å². The summed E-state index contributed by atoms with van der Waals surface area (Å²) in [5, 5.41) is 8.05. The third kappa shape index (κ3) is 3.10. The van der Waals surface area contributed by atoms with Gasteiger partial charge in [-0.05, 0) is 42.1 Å². The lowest BCUT2D eigenvalue weighted by atomic mass is 10.1. The molecule has 8 heteroatoms. The standard InChI is InChI=1S/C20H17N5O2S/c1-11-14-8-7-12(18(22)26)9-16(14)28-17(11)20(27)23-19-15(21)10-25(24-19)13-5-3-2-4-6-13/h2-10H,21H2,1H3,(H2,22,26)(H,23,24,27). The molecular weight excluding hydrogens is 374 g/mol. The van der Waals surface area contributed by atoms with Gasteiger partial charge in [0.15, 0.2) is 5.82 Å². The molecule has 0 spiro atoms. The molecule has 0 saturated heterocycles. The maximum absolute atomic E-state index is 12.8. The lowest BCUT2D eigenvalue weighted by Crippen LogP contribution is -2.13. The van der Waals surface area contributed by atoms with Crippen molar-refractivity contribution in [3.8, 4) is 5.69 Å². The Bertz CT molecular complexity index is 1210. The predicted molar refractivity (Wildman–Crippen MR) is 111 cm³/mol. The molecule has 0 aliphatic carbocycles. The zero-order chi connectivity index (χ0) is 19.8. The van der Waals surface area contributed by atoms with Crippen molar-refractivity contribution in [2.75, 3.05) is 11.1 Å². The molecule has 2 amide bonds. The second-order valence-electron chi connectivity index (χ2n) is 6.30. The SMILES string of the molecule is Cc1c(C(=O)Nc2nn(-c3ccccc3)cc2N)sc2cc(C(N)=O)ccc12. The van der Waals surface area contributed by atoms with E-state index in [2.05, 4.69) is 10.4 Å². The topological polar surface area (TPSA) is 116 Å². The minimum Gasteiger partial charge on any atom is -0.394 e. The lowest BCUT2D eigenvalue weighted by Gasteiger charge is -2.02. The summed E-state index contributed by atoms with van der Waals surface area (Å²) < 4.78 is 2.43. The van der Waals surface area contributed by atoms with Crippen molar-refractivity contribution in [1.29, 1.82) is 0 Å². The number of primary amides is 1. The number of nitrogens with two attached hydrogens (primary N) is 2. The molecule has 4 rings (SSSR count). The Hall–Kier alpha value is -3.65. The van der Waals surface area contributed by atoms with Crippen LogP contribution in [0.15, 0.2) is 54.7 Å². The molecule has 0 aliphatic heterocycles. The average molecular weight is 391 g/mol. The third-order valence-electron chi connectivity index (χ3n) is 4.42. The lowest BCUT2D eigenvalue weighted by molar-refractivity contribution is 0.0998. The van der Waals surface area contributed by atoms with E-state index < -0.39 is 5.91 Å². The smallest absolute Gasteiger partial charge is 0.267 e. The van der Waals surface area contributed by atoms with Crippen molar-refractivity contribution in [3.05, 3.63) is 70.7 Å². The van der Waals surface area contributed by atoms with Gasteiger partial charge in [-0.2, -0.15) is 0 Å². The van der Waals surface area contributed by atoms with E-state index in [0.29, 0.717) is 21.9 Å². The predicted octanol–water partition coefficient (Wildman–Crippen LogP) is 3.33. The van der Waals surface area contributed by atoms with Crippen LogP contribution in [0.25, 0.3) is 15.8 Å². The molecule has 28 heavy (non-hydrogen) atoms. The van der Waals surface area contributed by atoms with E-state index in [9.17, 15) is 9.59 Å². The molecule has 0 atom stereocenters. The molecule has 0 unspecified atom stereocenters. The molecule has 2 aromatic heterocycles. The number of fused-ring (bicyclic) bond motifs is 1. The fourth-order valence-electron chi connectivity index (χ4n) is 2.96. The number of rotatable bonds is 4. The van der Waals surface area contributed by atoms with Crippen LogP contribution in [0.5, 0.6) is 0 Å². The monoisotopic (exact) mass is 391 g/mol. The molecule has 0 fully saturated rings. The Balaban J connectivity index is 1.65. The first-order chi connectivity index (χ1) is 13.4. The van der Waals surface area contributed by atoms with Gasteiger partial charge in [0.25, 0.3) is 5.91 Å². The van der Waals surface area contributed by atoms with Crippen LogP contribution >= 0.6 is 11.3 Å². The maximum atomic E-state index is 12.8.